The summed E-state index contributed by atoms with van der Waals surface area (Å²) in [4.78, 5) is 6.71. The molecule has 0 fully saturated rings. The number of benzene rings is 1. The summed E-state index contributed by atoms with van der Waals surface area (Å²) in [6.45, 7) is 1.65. The Morgan fingerprint density at radius 3 is 3.21 bits per heavy atom. The Kier molecular flexibility index (Phi) is 3.86. The highest BCUT2D eigenvalue weighted by Crippen LogP contribution is 2.37. The zero-order valence-corrected chi connectivity index (χ0v) is 13.1. The van der Waals surface area contributed by atoms with Gasteiger partial charge >= 0.3 is 0 Å². The van der Waals surface area contributed by atoms with Crippen LogP contribution in [0.2, 0.25) is 0 Å². The fraction of sp³-hybridized carbons (Fsp3) is 0.357. The molecule has 3 nitrogen and oxygen atoms in total. The van der Waals surface area contributed by atoms with Gasteiger partial charge in [-0.1, -0.05) is 15.9 Å². The van der Waals surface area contributed by atoms with Crippen molar-refractivity contribution < 1.29 is 4.74 Å². The molecule has 0 N–H and O–H groups in total. The number of nitrogens with zero attached hydrogens (tertiary/aromatic N) is 2. The normalized spacial score (nSPS) is 18.2. The SMILES string of the molecule is CN(Cc1cscn1)[C@H]1CCOc2ccc(Br)cc21. The van der Waals surface area contributed by atoms with Crippen LogP contribution in [0.25, 0.3) is 0 Å². The van der Waals surface area contributed by atoms with Crippen molar-refractivity contribution in [1.29, 1.82) is 0 Å². The molecule has 19 heavy (non-hydrogen) atoms. The molecule has 0 amide bonds. The minimum Gasteiger partial charge on any atom is -0.493 e. The van der Waals surface area contributed by atoms with Gasteiger partial charge in [0.25, 0.3) is 0 Å². The zero-order chi connectivity index (χ0) is 13.2. The van der Waals surface area contributed by atoms with E-state index in [1.807, 2.05) is 17.6 Å². The number of hydrogen-bond donors (Lipinski definition) is 0. The molecule has 3 rings (SSSR count). The van der Waals surface area contributed by atoms with E-state index in [9.17, 15) is 0 Å². The van der Waals surface area contributed by atoms with Crippen LogP contribution in [0.4, 0.5) is 0 Å². The molecule has 0 saturated carbocycles. The second-order valence-corrected chi connectivity index (χ2v) is 6.36. The van der Waals surface area contributed by atoms with Gasteiger partial charge in [-0.2, -0.15) is 0 Å². The summed E-state index contributed by atoms with van der Waals surface area (Å²) in [7, 11) is 2.15. The highest BCUT2D eigenvalue weighted by molar-refractivity contribution is 9.10. The largest absolute Gasteiger partial charge is 0.493 e. The number of hydrogen-bond acceptors (Lipinski definition) is 4. The van der Waals surface area contributed by atoms with Crippen LogP contribution in [-0.2, 0) is 6.54 Å². The number of halogens is 1. The van der Waals surface area contributed by atoms with Gasteiger partial charge in [-0.25, -0.2) is 4.98 Å². The zero-order valence-electron chi connectivity index (χ0n) is 10.7. The highest BCUT2D eigenvalue weighted by atomic mass is 79.9. The molecule has 5 heteroatoms. The van der Waals surface area contributed by atoms with Crippen molar-refractivity contribution in [1.82, 2.24) is 9.88 Å². The van der Waals surface area contributed by atoms with Crippen LogP contribution in [0.3, 0.4) is 0 Å². The van der Waals surface area contributed by atoms with E-state index in [0.29, 0.717) is 6.04 Å². The standard InChI is InChI=1S/C14H15BrN2OS/c1-17(7-11-8-19-9-16-11)13-4-5-18-14-3-2-10(15)6-12(13)14/h2-3,6,8-9,13H,4-5,7H2,1H3/t13-/m0/s1. The number of fused-ring (bicyclic) bond motifs is 1. The van der Waals surface area contributed by atoms with E-state index in [1.165, 1.54) is 5.56 Å². The van der Waals surface area contributed by atoms with E-state index in [4.69, 9.17) is 4.74 Å². The van der Waals surface area contributed by atoms with Gasteiger partial charge in [-0.05, 0) is 25.2 Å². The van der Waals surface area contributed by atoms with E-state index >= 15 is 0 Å². The van der Waals surface area contributed by atoms with Crippen LogP contribution in [0.5, 0.6) is 5.75 Å². The highest BCUT2D eigenvalue weighted by Gasteiger charge is 2.25. The van der Waals surface area contributed by atoms with Gasteiger partial charge in [-0.3, -0.25) is 4.90 Å². The summed E-state index contributed by atoms with van der Waals surface area (Å²) in [5.41, 5.74) is 4.28. The molecule has 2 aromatic rings. The summed E-state index contributed by atoms with van der Waals surface area (Å²) in [5.74, 6) is 1.00. The van der Waals surface area contributed by atoms with Gasteiger partial charge in [0.2, 0.25) is 0 Å². The van der Waals surface area contributed by atoms with Gasteiger partial charge < -0.3 is 4.74 Å². The van der Waals surface area contributed by atoms with Crippen molar-refractivity contribution in [2.45, 2.75) is 19.0 Å². The topological polar surface area (TPSA) is 25.4 Å². The molecule has 0 aliphatic carbocycles. The lowest BCUT2D eigenvalue weighted by atomic mass is 9.99. The Balaban J connectivity index is 1.84. The van der Waals surface area contributed by atoms with Crippen LogP contribution < -0.4 is 4.74 Å². The Labute approximate surface area is 125 Å². The first-order valence-electron chi connectivity index (χ1n) is 6.23. The average Bonchev–Trinajstić information content (AvgIpc) is 2.90. The molecule has 1 aromatic carbocycles. The molecular formula is C14H15BrN2OS. The Morgan fingerprint density at radius 2 is 2.42 bits per heavy atom. The van der Waals surface area contributed by atoms with Crippen molar-refractivity contribution in [2.75, 3.05) is 13.7 Å². The van der Waals surface area contributed by atoms with Crippen LogP contribution in [0, 0.1) is 0 Å². The predicted octanol–water partition coefficient (Wildman–Crippen LogP) is 3.86. The van der Waals surface area contributed by atoms with Crippen molar-refractivity contribution in [3.05, 3.63) is 44.8 Å². The van der Waals surface area contributed by atoms with E-state index < -0.39 is 0 Å². The summed E-state index contributed by atoms with van der Waals surface area (Å²) >= 11 is 5.19. The van der Waals surface area contributed by atoms with Crippen LogP contribution in [-0.4, -0.2) is 23.5 Å². The Hall–Kier alpha value is -0.910. The maximum atomic E-state index is 5.73. The van der Waals surface area contributed by atoms with Crippen molar-refractivity contribution in [3.63, 3.8) is 0 Å². The molecule has 0 spiro atoms. The first-order chi connectivity index (χ1) is 9.24. The van der Waals surface area contributed by atoms with Crippen LogP contribution in [0.15, 0.2) is 33.6 Å². The lowest BCUT2D eigenvalue weighted by Crippen LogP contribution is -2.29. The molecule has 0 saturated heterocycles. The van der Waals surface area contributed by atoms with Gasteiger partial charge in [0.05, 0.1) is 17.8 Å². The number of thiazole rings is 1. The van der Waals surface area contributed by atoms with Gasteiger partial charge in [-0.15, -0.1) is 11.3 Å². The second-order valence-electron chi connectivity index (χ2n) is 4.73. The third-order valence-electron chi connectivity index (χ3n) is 3.41. The first kappa shape index (κ1) is 13.1. The minimum atomic E-state index is 0.392. The summed E-state index contributed by atoms with van der Waals surface area (Å²) in [6, 6.07) is 6.63. The fourth-order valence-electron chi connectivity index (χ4n) is 2.49. The van der Waals surface area contributed by atoms with Gasteiger partial charge in [0.15, 0.2) is 0 Å². The summed E-state index contributed by atoms with van der Waals surface area (Å²) in [6.07, 6.45) is 1.02. The van der Waals surface area contributed by atoms with E-state index in [2.05, 4.69) is 44.3 Å². The number of ether oxygens (including phenoxy) is 1. The molecule has 0 bridgehead atoms. The molecule has 2 heterocycles. The first-order valence-corrected chi connectivity index (χ1v) is 7.97. The molecule has 0 radical (unpaired) electrons. The minimum absolute atomic E-state index is 0.392. The summed E-state index contributed by atoms with van der Waals surface area (Å²) in [5, 5.41) is 2.11. The predicted molar refractivity (Wildman–Crippen MR) is 80.6 cm³/mol. The molecule has 1 aromatic heterocycles. The van der Waals surface area contributed by atoms with E-state index in [1.54, 1.807) is 11.3 Å². The van der Waals surface area contributed by atoms with Crippen molar-refractivity contribution >= 4 is 27.3 Å². The third kappa shape index (κ3) is 2.83. The van der Waals surface area contributed by atoms with Crippen LogP contribution >= 0.6 is 27.3 Å². The fourth-order valence-corrected chi connectivity index (χ4v) is 3.41. The average molecular weight is 339 g/mol. The Morgan fingerprint density at radius 1 is 1.53 bits per heavy atom. The van der Waals surface area contributed by atoms with Crippen LogP contribution in [0.1, 0.15) is 23.7 Å². The molecule has 1 atom stereocenters. The molecule has 1 aliphatic heterocycles. The monoisotopic (exact) mass is 338 g/mol. The number of rotatable bonds is 3. The maximum Gasteiger partial charge on any atom is 0.124 e. The van der Waals surface area contributed by atoms with Crippen molar-refractivity contribution in [3.8, 4) is 5.75 Å². The quantitative estimate of drug-likeness (QED) is 0.849. The van der Waals surface area contributed by atoms with E-state index in [0.717, 1.165) is 35.5 Å². The maximum absolute atomic E-state index is 5.73. The number of aromatic nitrogens is 1. The second kappa shape index (κ2) is 5.61. The molecule has 100 valence electrons. The smallest absolute Gasteiger partial charge is 0.124 e. The Bertz CT molecular complexity index is 559. The third-order valence-corrected chi connectivity index (χ3v) is 4.54. The van der Waals surface area contributed by atoms with Gasteiger partial charge in [0, 0.05) is 34.4 Å². The molecule has 1 aliphatic rings. The lowest BCUT2D eigenvalue weighted by molar-refractivity contribution is 0.159. The van der Waals surface area contributed by atoms with Crippen molar-refractivity contribution in [2.24, 2.45) is 0 Å². The van der Waals surface area contributed by atoms with E-state index in [-0.39, 0.29) is 0 Å². The summed E-state index contributed by atoms with van der Waals surface area (Å²) < 4.78 is 6.83. The lowest BCUT2D eigenvalue weighted by Gasteiger charge is -2.33. The van der Waals surface area contributed by atoms with Gasteiger partial charge in [0.1, 0.15) is 5.75 Å². The molecular weight excluding hydrogens is 324 g/mol. The molecule has 0 unspecified atom stereocenters.